The average Bonchev–Trinajstić information content (AvgIpc) is 2.73. The summed E-state index contributed by atoms with van der Waals surface area (Å²) in [5.41, 5.74) is 0.159. The number of benzene rings is 1. The van der Waals surface area contributed by atoms with Gasteiger partial charge in [-0.25, -0.2) is 4.79 Å². The van der Waals surface area contributed by atoms with Gasteiger partial charge in [0.25, 0.3) is 0 Å². The normalized spacial score (nSPS) is 32.4. The van der Waals surface area contributed by atoms with Crippen molar-refractivity contribution >= 4 is 5.97 Å². The van der Waals surface area contributed by atoms with Gasteiger partial charge in [0, 0.05) is 12.5 Å². The quantitative estimate of drug-likeness (QED) is 0.354. The van der Waals surface area contributed by atoms with E-state index in [1.807, 2.05) is 19.2 Å². The third-order valence-corrected chi connectivity index (χ3v) is 6.12. The fraction of sp³-hybridized carbons (Fsp3) is 0.667. The van der Waals surface area contributed by atoms with Gasteiger partial charge in [-0.1, -0.05) is 31.4 Å². The molecule has 1 saturated heterocycles. The molecule has 0 radical (unpaired) electrons. The second-order valence-corrected chi connectivity index (χ2v) is 8.20. The molecule has 6 N–H and O–H groups in total. The molecular formula is C21H31NO8. The number of nitrogens with one attached hydrogen (secondary N) is 1. The van der Waals surface area contributed by atoms with E-state index in [0.717, 1.165) is 37.7 Å². The van der Waals surface area contributed by atoms with Crippen molar-refractivity contribution in [1.29, 1.82) is 0 Å². The van der Waals surface area contributed by atoms with Crippen LogP contribution in [0.25, 0.3) is 0 Å². The average molecular weight is 425 g/mol. The maximum Gasteiger partial charge on any atom is 0.335 e. The van der Waals surface area contributed by atoms with Crippen molar-refractivity contribution in [3.8, 4) is 5.75 Å². The molecule has 3 rings (SSSR count). The van der Waals surface area contributed by atoms with E-state index in [0.29, 0.717) is 12.3 Å². The van der Waals surface area contributed by atoms with Crippen LogP contribution in [0.2, 0.25) is 0 Å². The molecule has 2 aliphatic rings. The third-order valence-electron chi connectivity index (χ3n) is 6.12. The summed E-state index contributed by atoms with van der Waals surface area (Å²) >= 11 is 0. The molecular weight excluding hydrogens is 394 g/mol. The van der Waals surface area contributed by atoms with E-state index in [1.165, 1.54) is 0 Å². The highest BCUT2D eigenvalue weighted by Crippen LogP contribution is 2.40. The second-order valence-electron chi connectivity index (χ2n) is 8.20. The number of carboxylic acid groups (broad SMARTS) is 1. The molecule has 1 heterocycles. The van der Waals surface area contributed by atoms with Crippen molar-refractivity contribution in [2.75, 3.05) is 13.6 Å². The molecule has 168 valence electrons. The number of carboxylic acids is 1. The van der Waals surface area contributed by atoms with E-state index >= 15 is 0 Å². The lowest BCUT2D eigenvalue weighted by atomic mass is 9.73. The first-order valence-corrected chi connectivity index (χ1v) is 10.3. The van der Waals surface area contributed by atoms with Gasteiger partial charge in [0.05, 0.1) is 5.60 Å². The van der Waals surface area contributed by atoms with Gasteiger partial charge in [-0.3, -0.25) is 0 Å². The summed E-state index contributed by atoms with van der Waals surface area (Å²) in [5, 5.41) is 53.2. The van der Waals surface area contributed by atoms with Crippen LogP contribution in [0.5, 0.6) is 5.75 Å². The van der Waals surface area contributed by atoms with Gasteiger partial charge in [-0.05, 0) is 37.6 Å². The number of aliphatic hydroxyl groups excluding tert-OH is 3. The summed E-state index contributed by atoms with van der Waals surface area (Å²) in [6.45, 7) is 0.617. The molecule has 30 heavy (non-hydrogen) atoms. The van der Waals surface area contributed by atoms with Crippen molar-refractivity contribution in [2.24, 2.45) is 0 Å². The predicted octanol–water partition coefficient (Wildman–Crippen LogP) is -0.0442. The van der Waals surface area contributed by atoms with E-state index in [9.17, 15) is 25.2 Å². The first kappa shape index (κ1) is 22.9. The van der Waals surface area contributed by atoms with Gasteiger partial charge < -0.3 is 40.3 Å². The number of rotatable bonds is 7. The largest absolute Gasteiger partial charge is 0.479 e. The molecule has 0 bridgehead atoms. The molecule has 1 aromatic rings. The molecule has 6 atom stereocenters. The van der Waals surface area contributed by atoms with E-state index in [1.54, 1.807) is 12.1 Å². The minimum Gasteiger partial charge on any atom is -0.479 e. The van der Waals surface area contributed by atoms with Crippen LogP contribution in [0.4, 0.5) is 0 Å². The first-order chi connectivity index (χ1) is 14.3. The summed E-state index contributed by atoms with van der Waals surface area (Å²) in [6, 6.07) is 6.93. The standard InChI is InChI=1S/C21H31NO8/c1-22-11-14(21(28)9-3-2-4-10-21)12-5-7-13(8-6-12)29-20-17(25)15(23)16(24)18(30-20)19(26)27/h5-8,14-18,20,22-25,28H,2-4,9-11H2,1H3,(H,26,27)/t14-,15-,16+,17-,18+,20-/m1/s1. The zero-order chi connectivity index (χ0) is 21.9. The molecule has 9 nitrogen and oxygen atoms in total. The highest BCUT2D eigenvalue weighted by Gasteiger charge is 2.48. The first-order valence-electron chi connectivity index (χ1n) is 10.3. The Morgan fingerprint density at radius 3 is 2.33 bits per heavy atom. The Labute approximate surface area is 175 Å². The monoisotopic (exact) mass is 425 g/mol. The van der Waals surface area contributed by atoms with Crippen LogP contribution >= 0.6 is 0 Å². The Morgan fingerprint density at radius 1 is 1.13 bits per heavy atom. The number of ether oxygens (including phenoxy) is 2. The SMILES string of the molecule is CNC[C@H](c1ccc(O[C@@H]2O[C@H](C(=O)O)[C@@H](O)[C@@H](O)[C@H]2O)cc1)C1(O)CCCCC1. The number of likely N-dealkylation sites (N-methyl/N-ethyl adjacent to an activating group) is 1. The Kier molecular flexibility index (Phi) is 7.33. The van der Waals surface area contributed by atoms with E-state index < -0.39 is 42.3 Å². The van der Waals surface area contributed by atoms with Crippen molar-refractivity contribution in [1.82, 2.24) is 5.32 Å². The summed E-state index contributed by atoms with van der Waals surface area (Å²) in [4.78, 5) is 11.2. The fourth-order valence-electron chi connectivity index (χ4n) is 4.40. The smallest absolute Gasteiger partial charge is 0.335 e. The maximum atomic E-state index is 11.2. The number of carbonyl (C=O) groups is 1. The molecule has 1 saturated carbocycles. The highest BCUT2D eigenvalue weighted by molar-refractivity contribution is 5.73. The summed E-state index contributed by atoms with van der Waals surface area (Å²) in [6.07, 6.45) is -3.66. The van der Waals surface area contributed by atoms with Gasteiger partial charge in [0.1, 0.15) is 24.1 Å². The molecule has 2 fully saturated rings. The lowest BCUT2D eigenvalue weighted by molar-refractivity contribution is -0.271. The summed E-state index contributed by atoms with van der Waals surface area (Å²) < 4.78 is 10.7. The lowest BCUT2D eigenvalue weighted by Crippen LogP contribution is -2.61. The van der Waals surface area contributed by atoms with Crippen LogP contribution in [0.3, 0.4) is 0 Å². The predicted molar refractivity (Wildman–Crippen MR) is 106 cm³/mol. The van der Waals surface area contributed by atoms with Crippen LogP contribution in [0, 0.1) is 0 Å². The van der Waals surface area contributed by atoms with Gasteiger partial charge in [-0.2, -0.15) is 0 Å². The van der Waals surface area contributed by atoms with Gasteiger partial charge in [-0.15, -0.1) is 0 Å². The highest BCUT2D eigenvalue weighted by atomic mass is 16.7. The van der Waals surface area contributed by atoms with E-state index in [4.69, 9.17) is 14.6 Å². The molecule has 1 aliphatic heterocycles. The van der Waals surface area contributed by atoms with Crippen molar-refractivity contribution in [2.45, 2.75) is 74.3 Å². The van der Waals surface area contributed by atoms with Crippen molar-refractivity contribution in [3.63, 3.8) is 0 Å². The number of hydrogen-bond donors (Lipinski definition) is 6. The molecule has 0 amide bonds. The summed E-state index contributed by atoms with van der Waals surface area (Å²) in [7, 11) is 1.84. The maximum absolute atomic E-state index is 11.2. The second kappa shape index (κ2) is 9.59. The lowest BCUT2D eigenvalue weighted by Gasteiger charge is -2.40. The minimum atomic E-state index is -1.77. The molecule has 0 aromatic heterocycles. The fourth-order valence-corrected chi connectivity index (χ4v) is 4.40. The Balaban J connectivity index is 1.73. The van der Waals surface area contributed by atoms with Crippen LogP contribution < -0.4 is 10.1 Å². The van der Waals surface area contributed by atoms with Gasteiger partial charge in [0.2, 0.25) is 6.29 Å². The number of aliphatic carboxylic acids is 1. The Hall–Kier alpha value is -1.75. The zero-order valence-corrected chi connectivity index (χ0v) is 17.0. The molecule has 0 spiro atoms. The van der Waals surface area contributed by atoms with Crippen LogP contribution in [-0.4, -0.2) is 81.4 Å². The Bertz CT molecular complexity index is 705. The third kappa shape index (κ3) is 4.77. The Morgan fingerprint density at radius 2 is 1.77 bits per heavy atom. The van der Waals surface area contributed by atoms with Crippen molar-refractivity contribution in [3.05, 3.63) is 29.8 Å². The topological polar surface area (TPSA) is 149 Å². The van der Waals surface area contributed by atoms with Gasteiger partial charge in [0.15, 0.2) is 6.10 Å². The van der Waals surface area contributed by atoms with E-state index in [2.05, 4.69) is 5.32 Å². The number of aliphatic hydroxyl groups is 4. The molecule has 1 aromatic carbocycles. The summed E-state index contributed by atoms with van der Waals surface area (Å²) in [5.74, 6) is -1.26. The van der Waals surface area contributed by atoms with Gasteiger partial charge >= 0.3 is 5.97 Å². The van der Waals surface area contributed by atoms with Crippen LogP contribution in [0.1, 0.15) is 43.6 Å². The molecule has 9 heteroatoms. The van der Waals surface area contributed by atoms with Crippen LogP contribution in [-0.2, 0) is 9.53 Å². The van der Waals surface area contributed by atoms with Crippen LogP contribution in [0.15, 0.2) is 24.3 Å². The molecule has 0 unspecified atom stereocenters. The van der Waals surface area contributed by atoms with E-state index in [-0.39, 0.29) is 5.92 Å². The minimum absolute atomic E-state index is 0.0956. The van der Waals surface area contributed by atoms with Crippen molar-refractivity contribution < 1.29 is 39.8 Å². The molecule has 1 aliphatic carbocycles. The zero-order valence-electron chi connectivity index (χ0n) is 17.0. The number of hydrogen-bond acceptors (Lipinski definition) is 8.